The number of benzene rings is 2. The molecule has 10 nitrogen and oxygen atoms in total. The van der Waals surface area contributed by atoms with Gasteiger partial charge in [0.15, 0.2) is 0 Å². The predicted molar refractivity (Wildman–Crippen MR) is 118 cm³/mol. The first-order chi connectivity index (χ1) is 15.2. The average molecular weight is 448 g/mol. The van der Waals surface area contributed by atoms with Crippen molar-refractivity contribution in [3.05, 3.63) is 57.6 Å². The Morgan fingerprint density at radius 3 is 1.69 bits per heavy atom. The first-order valence-electron chi connectivity index (χ1n) is 10.0. The number of nitro groups is 1. The molecule has 0 unspecified atom stereocenters. The van der Waals surface area contributed by atoms with Crippen LogP contribution in [0.5, 0.6) is 11.5 Å². The standard InChI is InChI=1S/C11H13NO5.C11H15NO3/c1-3-16-10-6-8(11(13)17-4-2)5-9(7-10)12(14)15;1-3-14-10-6-8(5-9(12)7-10)11(13)15-4-2/h5-7H,3-4H2,1-2H3;5-7H,3-4,12H2,1-2H3. The Balaban J connectivity index is 0.000000323. The Morgan fingerprint density at radius 2 is 1.25 bits per heavy atom. The van der Waals surface area contributed by atoms with Crippen molar-refractivity contribution in [1.82, 2.24) is 0 Å². The Kier molecular flexibility index (Phi) is 11.0. The lowest BCUT2D eigenvalue weighted by atomic mass is 10.2. The number of hydrogen-bond acceptors (Lipinski definition) is 9. The number of nitrogens with zero attached hydrogens (tertiary/aromatic N) is 1. The summed E-state index contributed by atoms with van der Waals surface area (Å²) in [5, 5.41) is 10.7. The normalized spacial score (nSPS) is 9.75. The molecule has 0 amide bonds. The van der Waals surface area contributed by atoms with Crippen molar-refractivity contribution in [2.24, 2.45) is 0 Å². The van der Waals surface area contributed by atoms with Crippen LogP contribution in [-0.4, -0.2) is 43.3 Å². The molecule has 0 radical (unpaired) electrons. The fraction of sp³-hybridized carbons (Fsp3) is 0.364. The summed E-state index contributed by atoms with van der Waals surface area (Å²) < 4.78 is 20.1. The van der Waals surface area contributed by atoms with Gasteiger partial charge in [-0.05, 0) is 45.9 Å². The van der Waals surface area contributed by atoms with Gasteiger partial charge in [-0.1, -0.05) is 0 Å². The summed E-state index contributed by atoms with van der Waals surface area (Å²) in [4.78, 5) is 33.0. The maximum absolute atomic E-state index is 11.5. The molecule has 2 aromatic carbocycles. The molecule has 0 aliphatic heterocycles. The molecule has 0 fully saturated rings. The fourth-order valence-corrected chi connectivity index (χ4v) is 2.48. The summed E-state index contributed by atoms with van der Waals surface area (Å²) in [5.74, 6) is -0.117. The van der Waals surface area contributed by atoms with E-state index in [1.807, 2.05) is 6.92 Å². The molecule has 2 aromatic rings. The van der Waals surface area contributed by atoms with Gasteiger partial charge in [0.25, 0.3) is 5.69 Å². The predicted octanol–water partition coefficient (Wildman–Crippen LogP) is 4.01. The molecule has 0 aromatic heterocycles. The van der Waals surface area contributed by atoms with Crippen LogP contribution >= 0.6 is 0 Å². The van der Waals surface area contributed by atoms with Crippen LogP contribution in [0.4, 0.5) is 11.4 Å². The Hall–Kier alpha value is -3.82. The fourth-order valence-electron chi connectivity index (χ4n) is 2.48. The molecule has 0 aliphatic rings. The minimum atomic E-state index is -0.600. The number of ether oxygens (including phenoxy) is 4. The highest BCUT2D eigenvalue weighted by Crippen LogP contribution is 2.23. The Bertz CT molecular complexity index is 930. The molecular weight excluding hydrogens is 420 g/mol. The van der Waals surface area contributed by atoms with E-state index in [0.29, 0.717) is 36.8 Å². The quantitative estimate of drug-likeness (QED) is 0.261. The Morgan fingerprint density at radius 1 is 0.781 bits per heavy atom. The zero-order valence-electron chi connectivity index (χ0n) is 18.6. The number of nitro benzene ring substituents is 1. The third kappa shape index (κ3) is 8.50. The number of nitrogen functional groups attached to an aromatic ring is 1. The number of rotatable bonds is 9. The highest BCUT2D eigenvalue weighted by atomic mass is 16.6. The van der Waals surface area contributed by atoms with Gasteiger partial charge in [-0.3, -0.25) is 10.1 Å². The molecule has 0 atom stereocenters. The van der Waals surface area contributed by atoms with Gasteiger partial charge in [0, 0.05) is 17.8 Å². The number of carbonyl (C=O) groups excluding carboxylic acids is 2. The van der Waals surface area contributed by atoms with Crippen molar-refractivity contribution in [2.45, 2.75) is 27.7 Å². The summed E-state index contributed by atoms with van der Waals surface area (Å²) in [7, 11) is 0. The number of esters is 2. The molecule has 174 valence electrons. The van der Waals surface area contributed by atoms with Crippen LogP contribution in [0, 0.1) is 10.1 Å². The van der Waals surface area contributed by atoms with Gasteiger partial charge in [0.05, 0.1) is 48.5 Å². The van der Waals surface area contributed by atoms with Gasteiger partial charge in [-0.15, -0.1) is 0 Å². The van der Waals surface area contributed by atoms with Crippen LogP contribution < -0.4 is 15.2 Å². The first kappa shape index (κ1) is 26.2. The minimum Gasteiger partial charge on any atom is -0.494 e. The zero-order valence-corrected chi connectivity index (χ0v) is 18.6. The van der Waals surface area contributed by atoms with E-state index in [-0.39, 0.29) is 29.6 Å². The van der Waals surface area contributed by atoms with E-state index in [4.69, 9.17) is 24.7 Å². The van der Waals surface area contributed by atoms with Crippen LogP contribution in [0.3, 0.4) is 0 Å². The van der Waals surface area contributed by atoms with E-state index in [1.54, 1.807) is 39.0 Å². The zero-order chi connectivity index (χ0) is 24.1. The SMILES string of the molecule is CCOC(=O)c1cc(N)cc(OCC)c1.CCOC(=O)c1cc(OCC)cc([N+](=O)[O-])c1. The van der Waals surface area contributed by atoms with E-state index in [0.717, 1.165) is 0 Å². The molecule has 2 N–H and O–H groups in total. The lowest BCUT2D eigenvalue weighted by Gasteiger charge is -2.07. The molecule has 0 bridgehead atoms. The molecule has 32 heavy (non-hydrogen) atoms. The van der Waals surface area contributed by atoms with Crippen molar-refractivity contribution < 1.29 is 33.5 Å². The lowest BCUT2D eigenvalue weighted by Crippen LogP contribution is -2.06. The second-order valence-electron chi connectivity index (χ2n) is 6.07. The molecule has 10 heteroatoms. The van der Waals surface area contributed by atoms with Crippen LogP contribution in [0.1, 0.15) is 48.4 Å². The van der Waals surface area contributed by atoms with Gasteiger partial charge < -0.3 is 24.7 Å². The van der Waals surface area contributed by atoms with E-state index < -0.39 is 10.9 Å². The van der Waals surface area contributed by atoms with Crippen molar-refractivity contribution in [3.63, 3.8) is 0 Å². The third-order valence-electron chi connectivity index (χ3n) is 3.68. The topological polar surface area (TPSA) is 140 Å². The summed E-state index contributed by atoms with van der Waals surface area (Å²) in [5.41, 5.74) is 6.46. The van der Waals surface area contributed by atoms with Crippen LogP contribution in [-0.2, 0) is 9.47 Å². The smallest absolute Gasteiger partial charge is 0.338 e. The molecule has 0 heterocycles. The number of carbonyl (C=O) groups is 2. The molecular formula is C22H28N2O8. The summed E-state index contributed by atoms with van der Waals surface area (Å²) in [6.07, 6.45) is 0. The second-order valence-corrected chi connectivity index (χ2v) is 6.07. The average Bonchev–Trinajstić information content (AvgIpc) is 2.74. The van der Waals surface area contributed by atoms with Crippen molar-refractivity contribution in [2.75, 3.05) is 32.2 Å². The summed E-state index contributed by atoms with van der Waals surface area (Å²) in [6.45, 7) is 8.50. The van der Waals surface area contributed by atoms with Gasteiger partial charge in [0.2, 0.25) is 0 Å². The second kappa shape index (κ2) is 13.5. The molecule has 0 aliphatic carbocycles. The maximum atomic E-state index is 11.5. The summed E-state index contributed by atoms with van der Waals surface area (Å²) in [6, 6.07) is 8.73. The first-order valence-corrected chi connectivity index (χ1v) is 10.0. The molecule has 0 spiro atoms. The molecule has 0 saturated heterocycles. The highest BCUT2D eigenvalue weighted by molar-refractivity contribution is 5.91. The number of anilines is 1. The number of non-ortho nitro benzene ring substituents is 1. The Labute approximate surface area is 186 Å². The van der Waals surface area contributed by atoms with E-state index in [9.17, 15) is 19.7 Å². The monoisotopic (exact) mass is 448 g/mol. The minimum absolute atomic E-state index is 0.115. The molecule has 0 saturated carbocycles. The van der Waals surface area contributed by atoms with Gasteiger partial charge in [-0.25, -0.2) is 9.59 Å². The molecule has 2 rings (SSSR count). The van der Waals surface area contributed by atoms with Crippen molar-refractivity contribution in [1.29, 1.82) is 0 Å². The van der Waals surface area contributed by atoms with Crippen LogP contribution in [0.25, 0.3) is 0 Å². The van der Waals surface area contributed by atoms with E-state index in [2.05, 4.69) is 0 Å². The van der Waals surface area contributed by atoms with E-state index >= 15 is 0 Å². The maximum Gasteiger partial charge on any atom is 0.338 e. The van der Waals surface area contributed by atoms with Crippen molar-refractivity contribution in [3.8, 4) is 11.5 Å². The van der Waals surface area contributed by atoms with Crippen LogP contribution in [0.2, 0.25) is 0 Å². The lowest BCUT2D eigenvalue weighted by molar-refractivity contribution is -0.385. The summed E-state index contributed by atoms with van der Waals surface area (Å²) >= 11 is 0. The van der Waals surface area contributed by atoms with Gasteiger partial charge in [0.1, 0.15) is 11.5 Å². The highest BCUT2D eigenvalue weighted by Gasteiger charge is 2.15. The number of hydrogen-bond donors (Lipinski definition) is 1. The van der Waals surface area contributed by atoms with Gasteiger partial charge in [-0.2, -0.15) is 0 Å². The van der Waals surface area contributed by atoms with Crippen molar-refractivity contribution >= 4 is 23.3 Å². The van der Waals surface area contributed by atoms with E-state index in [1.165, 1.54) is 18.2 Å². The van der Waals surface area contributed by atoms with Crippen LogP contribution in [0.15, 0.2) is 36.4 Å². The van der Waals surface area contributed by atoms with Gasteiger partial charge >= 0.3 is 11.9 Å². The largest absolute Gasteiger partial charge is 0.494 e. The number of nitrogens with two attached hydrogens (primary N) is 1. The third-order valence-corrected chi connectivity index (χ3v) is 3.68.